The first-order valence-electron chi connectivity index (χ1n) is 8.38. The van der Waals surface area contributed by atoms with Crippen LogP contribution < -0.4 is 0 Å². The van der Waals surface area contributed by atoms with Crippen molar-refractivity contribution in [3.63, 3.8) is 0 Å². The maximum absolute atomic E-state index is 2.25. The summed E-state index contributed by atoms with van der Waals surface area (Å²) in [5.41, 5.74) is 10.9. The van der Waals surface area contributed by atoms with Crippen LogP contribution in [-0.2, 0) is 6.42 Å². The van der Waals surface area contributed by atoms with E-state index in [0.717, 1.165) is 6.42 Å². The van der Waals surface area contributed by atoms with Crippen molar-refractivity contribution >= 4 is 0 Å². The van der Waals surface area contributed by atoms with Gasteiger partial charge in [-0.1, -0.05) is 67.6 Å². The minimum absolute atomic E-state index is 1.08. The van der Waals surface area contributed by atoms with Gasteiger partial charge in [0.05, 0.1) is 0 Å². The summed E-state index contributed by atoms with van der Waals surface area (Å²) in [5.74, 6) is 0. The van der Waals surface area contributed by atoms with Crippen LogP contribution in [0.5, 0.6) is 0 Å². The van der Waals surface area contributed by atoms with Crippen molar-refractivity contribution in [2.75, 3.05) is 0 Å². The lowest BCUT2D eigenvalue weighted by Crippen LogP contribution is -1.94. The molecule has 0 unspecified atom stereocenters. The van der Waals surface area contributed by atoms with Crippen LogP contribution in [-0.4, -0.2) is 0 Å². The van der Waals surface area contributed by atoms with Gasteiger partial charge in [-0.15, -0.1) is 0 Å². The number of benzene rings is 3. The molecule has 0 atom stereocenters. The van der Waals surface area contributed by atoms with Crippen LogP contribution >= 0.6 is 0 Å². The highest BCUT2D eigenvalue weighted by Crippen LogP contribution is 2.35. The zero-order chi connectivity index (χ0) is 16.4. The Morgan fingerprint density at radius 1 is 0.565 bits per heavy atom. The summed E-state index contributed by atoms with van der Waals surface area (Å²) in [7, 11) is 0. The van der Waals surface area contributed by atoms with Gasteiger partial charge in [0, 0.05) is 0 Å². The summed E-state index contributed by atoms with van der Waals surface area (Å²) >= 11 is 0. The Balaban J connectivity index is 2.21. The molecule has 0 aromatic heterocycles. The molecule has 3 aromatic carbocycles. The average Bonchev–Trinajstić information content (AvgIpc) is 2.56. The second-order valence-corrected chi connectivity index (χ2v) is 6.24. The highest BCUT2D eigenvalue weighted by Gasteiger charge is 2.12. The lowest BCUT2D eigenvalue weighted by Gasteiger charge is -2.16. The molecule has 0 radical (unpaired) electrons. The van der Waals surface area contributed by atoms with Crippen LogP contribution in [0.15, 0.2) is 60.7 Å². The Labute approximate surface area is 139 Å². The molecule has 0 aliphatic heterocycles. The largest absolute Gasteiger partial charge is 0.0620 e. The van der Waals surface area contributed by atoms with E-state index in [1.54, 1.807) is 0 Å². The molecule has 3 aromatic rings. The molecule has 0 aliphatic rings. The molecule has 116 valence electrons. The zero-order valence-corrected chi connectivity index (χ0v) is 14.5. The lowest BCUT2D eigenvalue weighted by atomic mass is 9.88. The van der Waals surface area contributed by atoms with Gasteiger partial charge in [0.1, 0.15) is 0 Å². The van der Waals surface area contributed by atoms with Gasteiger partial charge in [0.15, 0.2) is 0 Å². The minimum Gasteiger partial charge on any atom is -0.0620 e. The van der Waals surface area contributed by atoms with Crippen molar-refractivity contribution in [1.82, 2.24) is 0 Å². The third-order valence-corrected chi connectivity index (χ3v) is 4.89. The SMILES string of the molecule is CCc1cccc(-c2cccc(-c3ccccc3C)c2C)c1C. The second kappa shape index (κ2) is 6.42. The molecule has 0 heteroatoms. The average molecular weight is 300 g/mol. The van der Waals surface area contributed by atoms with Gasteiger partial charge in [0.2, 0.25) is 0 Å². The summed E-state index contributed by atoms with van der Waals surface area (Å²) in [6.45, 7) is 8.90. The smallest absolute Gasteiger partial charge is 0.0146 e. The third kappa shape index (κ3) is 2.82. The quantitative estimate of drug-likeness (QED) is 0.517. The molecule has 0 nitrogen and oxygen atoms in total. The van der Waals surface area contributed by atoms with Gasteiger partial charge < -0.3 is 0 Å². The topological polar surface area (TPSA) is 0 Å². The summed E-state index contributed by atoms with van der Waals surface area (Å²) in [5, 5.41) is 0. The highest BCUT2D eigenvalue weighted by atomic mass is 14.2. The molecule has 0 heterocycles. The fourth-order valence-electron chi connectivity index (χ4n) is 3.45. The molecule has 0 amide bonds. The fraction of sp³-hybridized carbons (Fsp3) is 0.217. The molecule has 0 bridgehead atoms. The van der Waals surface area contributed by atoms with E-state index in [9.17, 15) is 0 Å². The molecule has 0 saturated carbocycles. The first-order valence-corrected chi connectivity index (χ1v) is 8.38. The molecule has 0 spiro atoms. The van der Waals surface area contributed by atoms with Crippen LogP contribution in [0.1, 0.15) is 29.2 Å². The van der Waals surface area contributed by atoms with Crippen LogP contribution in [0.4, 0.5) is 0 Å². The van der Waals surface area contributed by atoms with E-state index >= 15 is 0 Å². The number of aryl methyl sites for hydroxylation is 2. The van der Waals surface area contributed by atoms with Crippen molar-refractivity contribution < 1.29 is 0 Å². The summed E-state index contributed by atoms with van der Waals surface area (Å²) in [4.78, 5) is 0. The fourth-order valence-corrected chi connectivity index (χ4v) is 3.45. The highest BCUT2D eigenvalue weighted by molar-refractivity contribution is 5.81. The lowest BCUT2D eigenvalue weighted by molar-refractivity contribution is 1.11. The predicted octanol–water partition coefficient (Wildman–Crippen LogP) is 6.51. The van der Waals surface area contributed by atoms with Gasteiger partial charge in [-0.2, -0.15) is 0 Å². The van der Waals surface area contributed by atoms with E-state index in [4.69, 9.17) is 0 Å². The maximum atomic E-state index is 2.25. The van der Waals surface area contributed by atoms with Crippen molar-refractivity contribution in [2.45, 2.75) is 34.1 Å². The first-order chi connectivity index (χ1) is 11.1. The molecule has 3 rings (SSSR count). The van der Waals surface area contributed by atoms with Gasteiger partial charge >= 0.3 is 0 Å². The maximum Gasteiger partial charge on any atom is -0.0146 e. The first kappa shape index (κ1) is 15.6. The minimum atomic E-state index is 1.08. The van der Waals surface area contributed by atoms with Gasteiger partial charge in [-0.05, 0) is 71.7 Å². The number of hydrogen-bond donors (Lipinski definition) is 0. The van der Waals surface area contributed by atoms with E-state index < -0.39 is 0 Å². The van der Waals surface area contributed by atoms with Crippen molar-refractivity contribution in [3.05, 3.63) is 82.9 Å². The molecule has 0 fully saturated rings. The predicted molar refractivity (Wildman–Crippen MR) is 101 cm³/mol. The van der Waals surface area contributed by atoms with Crippen LogP contribution in [0.2, 0.25) is 0 Å². The van der Waals surface area contributed by atoms with E-state index in [2.05, 4.69) is 88.4 Å². The molecule has 0 saturated heterocycles. The number of hydrogen-bond acceptors (Lipinski definition) is 0. The Morgan fingerprint density at radius 2 is 1.09 bits per heavy atom. The zero-order valence-electron chi connectivity index (χ0n) is 14.5. The van der Waals surface area contributed by atoms with E-state index in [0.29, 0.717) is 0 Å². The second-order valence-electron chi connectivity index (χ2n) is 6.24. The van der Waals surface area contributed by atoms with E-state index in [-0.39, 0.29) is 0 Å². The molecular formula is C23H24. The molecule has 0 aliphatic carbocycles. The van der Waals surface area contributed by atoms with Crippen LogP contribution in [0.3, 0.4) is 0 Å². The van der Waals surface area contributed by atoms with E-state index in [1.807, 2.05) is 0 Å². The van der Waals surface area contributed by atoms with Crippen LogP contribution in [0.25, 0.3) is 22.3 Å². The van der Waals surface area contributed by atoms with E-state index in [1.165, 1.54) is 44.5 Å². The normalized spacial score (nSPS) is 10.8. The molecule has 0 N–H and O–H groups in total. The van der Waals surface area contributed by atoms with Gasteiger partial charge in [-0.3, -0.25) is 0 Å². The van der Waals surface area contributed by atoms with Crippen molar-refractivity contribution in [2.24, 2.45) is 0 Å². The number of rotatable bonds is 3. The summed E-state index contributed by atoms with van der Waals surface area (Å²) in [6, 6.07) is 22.0. The monoisotopic (exact) mass is 300 g/mol. The summed E-state index contributed by atoms with van der Waals surface area (Å²) in [6.07, 6.45) is 1.08. The van der Waals surface area contributed by atoms with Crippen LogP contribution in [0, 0.1) is 20.8 Å². The standard InChI is InChI=1S/C23H24/c1-5-19-11-8-13-21(17(19)3)23-15-9-14-22(18(23)4)20-12-7-6-10-16(20)2/h6-15H,5H2,1-4H3. The summed E-state index contributed by atoms with van der Waals surface area (Å²) < 4.78 is 0. The molecular weight excluding hydrogens is 276 g/mol. The third-order valence-electron chi connectivity index (χ3n) is 4.89. The Kier molecular flexibility index (Phi) is 4.34. The Bertz CT molecular complexity index is 840. The van der Waals surface area contributed by atoms with Gasteiger partial charge in [0.25, 0.3) is 0 Å². The van der Waals surface area contributed by atoms with Crippen molar-refractivity contribution in [3.8, 4) is 22.3 Å². The van der Waals surface area contributed by atoms with Gasteiger partial charge in [-0.25, -0.2) is 0 Å². The Morgan fingerprint density at radius 3 is 1.74 bits per heavy atom. The molecule has 23 heavy (non-hydrogen) atoms. The van der Waals surface area contributed by atoms with Crippen molar-refractivity contribution in [1.29, 1.82) is 0 Å². The Hall–Kier alpha value is -2.34.